The molecule has 0 fully saturated rings. The third-order valence-corrected chi connectivity index (χ3v) is 8.48. The van der Waals surface area contributed by atoms with Crippen molar-refractivity contribution in [3.63, 3.8) is 0 Å². The van der Waals surface area contributed by atoms with Crippen molar-refractivity contribution in [2.24, 2.45) is 0 Å². The number of nitrogens with one attached hydrogen (secondary N) is 3. The van der Waals surface area contributed by atoms with E-state index >= 15 is 0 Å². The minimum absolute atomic E-state index is 0.887. The Hall–Kier alpha value is -5.94. The van der Waals surface area contributed by atoms with E-state index < -0.39 is 0 Å². The molecule has 9 rings (SSSR count). The summed E-state index contributed by atoms with van der Waals surface area (Å²) in [5, 5.41) is 11.0. The maximum absolute atomic E-state index is 5.03. The van der Waals surface area contributed by atoms with Crippen molar-refractivity contribution >= 4 is 64.1 Å². The van der Waals surface area contributed by atoms with Crippen LogP contribution in [0.25, 0.3) is 64.1 Å². The van der Waals surface area contributed by atoms with Gasteiger partial charge in [0.2, 0.25) is 0 Å². The van der Waals surface area contributed by atoms with E-state index in [1.54, 1.807) is 0 Å². The zero-order valence-corrected chi connectivity index (χ0v) is 23.8. The molecule has 5 heteroatoms. The number of H-pyrrole nitrogens is 3. The second-order valence-corrected chi connectivity index (χ2v) is 11.3. The molecule has 3 N–H and O–H groups in total. The first-order chi connectivity index (χ1) is 21.7. The lowest BCUT2D eigenvalue weighted by molar-refractivity contribution is 1.21. The first-order valence-electron chi connectivity index (χ1n) is 14.9. The number of rotatable bonds is 0. The van der Waals surface area contributed by atoms with Gasteiger partial charge in [-0.3, -0.25) is 0 Å². The number of fused-ring (bicyclic) bond motifs is 19. The molecule has 7 aromatic rings. The van der Waals surface area contributed by atoms with Crippen LogP contribution < -0.4 is 32.0 Å². The summed E-state index contributed by atoms with van der Waals surface area (Å²) in [6.45, 7) is 0. The molecule has 6 heterocycles. The molecular formula is C39H27N5. The van der Waals surface area contributed by atoms with Crippen LogP contribution in [0.4, 0.5) is 0 Å². The molecule has 0 spiro atoms. The predicted molar refractivity (Wildman–Crippen MR) is 180 cm³/mol. The Morgan fingerprint density at radius 3 is 1.41 bits per heavy atom. The number of benzene rings is 2. The summed E-state index contributed by atoms with van der Waals surface area (Å²) < 4.78 is 0. The van der Waals surface area contributed by atoms with Crippen LogP contribution in [0.2, 0.25) is 0 Å². The van der Waals surface area contributed by atoms with Crippen molar-refractivity contribution in [3.05, 3.63) is 157 Å². The van der Waals surface area contributed by atoms with Crippen LogP contribution in [-0.2, 0) is 0 Å². The SMILES string of the molecule is C1=Cc2c3[nH]c(c2=CC1)=Cc1cccc(n1)C=c1[nH]c(c2ccccc12)=Cc1cccc(n1)C=c1[nH]c(c2ccccc12)=C3. The topological polar surface area (TPSA) is 73.2 Å². The lowest BCUT2D eigenvalue weighted by atomic mass is 10.1. The molecule has 5 aromatic heterocycles. The molecule has 5 nitrogen and oxygen atoms in total. The molecule has 2 aliphatic rings. The third kappa shape index (κ3) is 4.17. The van der Waals surface area contributed by atoms with Crippen LogP contribution in [0, 0.1) is 0 Å². The highest BCUT2D eigenvalue weighted by molar-refractivity contribution is 5.87. The van der Waals surface area contributed by atoms with Gasteiger partial charge in [-0.1, -0.05) is 78.9 Å². The van der Waals surface area contributed by atoms with Crippen LogP contribution in [-0.4, -0.2) is 24.9 Å². The van der Waals surface area contributed by atoms with Crippen LogP contribution in [0.15, 0.2) is 91.0 Å². The second-order valence-electron chi connectivity index (χ2n) is 11.3. The minimum Gasteiger partial charge on any atom is -0.354 e. The van der Waals surface area contributed by atoms with E-state index in [1.807, 2.05) is 6.07 Å². The first-order valence-corrected chi connectivity index (χ1v) is 14.9. The van der Waals surface area contributed by atoms with Crippen molar-refractivity contribution in [1.82, 2.24) is 24.9 Å². The molecule has 0 saturated heterocycles. The van der Waals surface area contributed by atoms with Gasteiger partial charge in [-0.15, -0.1) is 0 Å². The molecule has 1 aliphatic carbocycles. The van der Waals surface area contributed by atoms with Crippen LogP contribution in [0.1, 0.15) is 40.5 Å². The van der Waals surface area contributed by atoms with Crippen molar-refractivity contribution in [1.29, 1.82) is 0 Å². The van der Waals surface area contributed by atoms with E-state index in [-0.39, 0.29) is 0 Å². The molecule has 208 valence electrons. The van der Waals surface area contributed by atoms with Crippen molar-refractivity contribution in [2.45, 2.75) is 6.42 Å². The zero-order valence-electron chi connectivity index (χ0n) is 23.8. The maximum Gasteiger partial charge on any atom is 0.0657 e. The molecule has 44 heavy (non-hydrogen) atoms. The molecule has 1 aliphatic heterocycles. The highest BCUT2D eigenvalue weighted by Crippen LogP contribution is 2.12. The number of allylic oxidation sites excluding steroid dienone is 1. The number of nitrogens with zero attached hydrogens (tertiary/aromatic N) is 2. The van der Waals surface area contributed by atoms with Crippen LogP contribution >= 0.6 is 0 Å². The maximum atomic E-state index is 5.03. The van der Waals surface area contributed by atoms with Gasteiger partial charge in [-0.05, 0) is 61.1 Å². The zero-order chi connectivity index (χ0) is 29.0. The van der Waals surface area contributed by atoms with Crippen molar-refractivity contribution < 1.29 is 0 Å². The molecule has 0 amide bonds. The van der Waals surface area contributed by atoms with Gasteiger partial charge in [0.05, 0.1) is 22.8 Å². The summed E-state index contributed by atoms with van der Waals surface area (Å²) in [5.41, 5.74) is 5.82. The third-order valence-electron chi connectivity index (χ3n) is 8.48. The van der Waals surface area contributed by atoms with Gasteiger partial charge in [0.1, 0.15) is 0 Å². The van der Waals surface area contributed by atoms with Gasteiger partial charge < -0.3 is 15.0 Å². The first kappa shape index (κ1) is 24.6. The normalized spacial score (nSPS) is 13.5. The van der Waals surface area contributed by atoms with E-state index in [4.69, 9.17) is 9.97 Å². The lowest BCUT2D eigenvalue weighted by Crippen LogP contribution is -2.25. The van der Waals surface area contributed by atoms with Crippen molar-refractivity contribution in [3.8, 4) is 0 Å². The summed E-state index contributed by atoms with van der Waals surface area (Å²) in [5.74, 6) is 0. The number of pyridine rings is 2. The Morgan fingerprint density at radius 1 is 0.455 bits per heavy atom. The van der Waals surface area contributed by atoms with E-state index in [9.17, 15) is 0 Å². The Labute approximate surface area is 252 Å². The van der Waals surface area contributed by atoms with Gasteiger partial charge >= 0.3 is 0 Å². The van der Waals surface area contributed by atoms with E-state index in [0.29, 0.717) is 0 Å². The molecule has 0 saturated carbocycles. The summed E-state index contributed by atoms with van der Waals surface area (Å²) in [6, 6.07) is 29.3. The van der Waals surface area contributed by atoms with Crippen LogP contribution in [0.3, 0.4) is 0 Å². The highest BCUT2D eigenvalue weighted by Gasteiger charge is 2.09. The van der Waals surface area contributed by atoms with Gasteiger partial charge in [0.25, 0.3) is 0 Å². The summed E-state index contributed by atoms with van der Waals surface area (Å²) in [4.78, 5) is 21.1. The minimum atomic E-state index is 0.887. The van der Waals surface area contributed by atoms with Gasteiger partial charge in [0.15, 0.2) is 0 Å². The van der Waals surface area contributed by atoms with E-state index in [0.717, 1.165) is 77.8 Å². The fourth-order valence-corrected chi connectivity index (χ4v) is 6.48. The molecule has 0 radical (unpaired) electrons. The predicted octanol–water partition coefficient (Wildman–Crippen LogP) is 3.42. The quantitative estimate of drug-likeness (QED) is 0.264. The van der Waals surface area contributed by atoms with Crippen molar-refractivity contribution in [2.75, 3.05) is 0 Å². The summed E-state index contributed by atoms with van der Waals surface area (Å²) >= 11 is 0. The Bertz CT molecular complexity index is 2700. The molecule has 0 atom stereocenters. The van der Waals surface area contributed by atoms with Gasteiger partial charge in [-0.2, -0.15) is 0 Å². The van der Waals surface area contributed by atoms with E-state index in [1.165, 1.54) is 16.2 Å². The number of aromatic amines is 3. The monoisotopic (exact) mass is 565 g/mol. The largest absolute Gasteiger partial charge is 0.354 e. The average molecular weight is 566 g/mol. The van der Waals surface area contributed by atoms with Gasteiger partial charge in [0, 0.05) is 64.8 Å². The fraction of sp³-hybridized carbons (Fsp3) is 0.0256. The van der Waals surface area contributed by atoms with E-state index in [2.05, 4.69) is 142 Å². The Morgan fingerprint density at radius 2 is 0.909 bits per heavy atom. The molecule has 2 aromatic carbocycles. The Balaban J connectivity index is 1.41. The molecular weight excluding hydrogens is 538 g/mol. The number of hydrogen-bond donors (Lipinski definition) is 3. The number of hydrogen-bond acceptors (Lipinski definition) is 2. The smallest absolute Gasteiger partial charge is 0.0657 e. The molecule has 0 unspecified atom stereocenters. The molecule has 10 bridgehead atoms. The standard InChI is InChI=1S/C39H27N5/c1-2-14-29-28(13-1)34-19-24-9-7-11-26(40-24)21-36-30-15-3-5-17-32(30)38(43-36)23-39-33-18-6-4-16-31(33)37(44-39)22-27-12-8-10-25(41-27)20-35(29)42-34/h1-3,5-23,42-44H,4H2. The summed E-state index contributed by atoms with van der Waals surface area (Å²) in [7, 11) is 0. The number of aromatic nitrogens is 5. The summed E-state index contributed by atoms with van der Waals surface area (Å²) in [6.07, 6.45) is 18.4. The fourth-order valence-electron chi connectivity index (χ4n) is 6.48. The van der Waals surface area contributed by atoms with Gasteiger partial charge in [-0.25, -0.2) is 9.97 Å². The lowest BCUT2D eigenvalue weighted by Gasteiger charge is -1.98. The Kier molecular flexibility index (Phi) is 5.50. The van der Waals surface area contributed by atoms with Crippen LogP contribution in [0.5, 0.6) is 0 Å². The second kappa shape index (κ2) is 9.82. The average Bonchev–Trinajstić information content (AvgIpc) is 3.69. The highest BCUT2D eigenvalue weighted by atomic mass is 14.8.